The van der Waals surface area contributed by atoms with Crippen molar-refractivity contribution < 1.29 is 13.9 Å². The molecule has 1 fully saturated rings. The summed E-state index contributed by atoms with van der Waals surface area (Å²) in [4.78, 5) is 12.7. The first kappa shape index (κ1) is 16.7. The van der Waals surface area contributed by atoms with E-state index >= 15 is 0 Å². The van der Waals surface area contributed by atoms with Crippen LogP contribution in [0.15, 0.2) is 54.6 Å². The zero-order valence-corrected chi connectivity index (χ0v) is 13.6. The minimum absolute atomic E-state index is 0.0408. The van der Waals surface area contributed by atoms with Gasteiger partial charge in [-0.25, -0.2) is 4.39 Å². The summed E-state index contributed by atoms with van der Waals surface area (Å²) in [5.74, 6) is -0.674. The third-order valence-corrected chi connectivity index (χ3v) is 4.40. The van der Waals surface area contributed by atoms with Crippen molar-refractivity contribution in [2.45, 2.75) is 31.3 Å². The second-order valence-corrected chi connectivity index (χ2v) is 6.17. The summed E-state index contributed by atoms with van der Waals surface area (Å²) in [6.07, 6.45) is 2.73. The lowest BCUT2D eigenvalue weighted by Crippen LogP contribution is -2.36. The van der Waals surface area contributed by atoms with E-state index in [0.29, 0.717) is 13.0 Å². The molecular weight excluding hydrogens is 305 g/mol. The van der Waals surface area contributed by atoms with Crippen molar-refractivity contribution in [2.24, 2.45) is 0 Å². The largest absolute Gasteiger partial charge is 0.376 e. The van der Waals surface area contributed by atoms with Crippen LogP contribution in [0.3, 0.4) is 0 Å². The Morgan fingerprint density at radius 3 is 2.58 bits per heavy atom. The molecule has 1 amide bonds. The van der Waals surface area contributed by atoms with Crippen LogP contribution in [-0.2, 0) is 16.0 Å². The highest BCUT2D eigenvalue weighted by Gasteiger charge is 2.23. The molecule has 0 saturated carbocycles. The maximum atomic E-state index is 13.2. The van der Waals surface area contributed by atoms with Crippen molar-refractivity contribution in [1.29, 1.82) is 0 Å². The molecule has 2 aromatic carbocycles. The molecule has 1 heterocycles. The Morgan fingerprint density at radius 1 is 1.17 bits per heavy atom. The SMILES string of the molecule is O=C(NCC1CCCO1)C(Cc1ccccc1)c1ccc(F)cc1. The van der Waals surface area contributed by atoms with Gasteiger partial charge in [0.1, 0.15) is 5.82 Å². The van der Waals surface area contributed by atoms with Crippen LogP contribution >= 0.6 is 0 Å². The van der Waals surface area contributed by atoms with Crippen LogP contribution in [0.25, 0.3) is 0 Å². The molecule has 0 aromatic heterocycles. The summed E-state index contributed by atoms with van der Waals surface area (Å²) in [5, 5.41) is 3.00. The zero-order valence-electron chi connectivity index (χ0n) is 13.6. The third kappa shape index (κ3) is 4.42. The quantitative estimate of drug-likeness (QED) is 0.882. The highest BCUT2D eigenvalue weighted by atomic mass is 19.1. The molecule has 126 valence electrons. The van der Waals surface area contributed by atoms with Crippen LogP contribution in [0.4, 0.5) is 4.39 Å². The maximum absolute atomic E-state index is 13.2. The lowest BCUT2D eigenvalue weighted by atomic mass is 9.91. The Labute approximate surface area is 141 Å². The van der Waals surface area contributed by atoms with Gasteiger partial charge in [0.2, 0.25) is 5.91 Å². The van der Waals surface area contributed by atoms with Gasteiger partial charge in [-0.3, -0.25) is 4.79 Å². The summed E-state index contributed by atoms with van der Waals surface area (Å²) < 4.78 is 18.8. The molecule has 0 radical (unpaired) electrons. The van der Waals surface area contributed by atoms with Crippen molar-refractivity contribution in [1.82, 2.24) is 5.32 Å². The molecule has 2 unspecified atom stereocenters. The van der Waals surface area contributed by atoms with Gasteiger partial charge in [-0.1, -0.05) is 42.5 Å². The van der Waals surface area contributed by atoms with Crippen molar-refractivity contribution >= 4 is 5.91 Å². The van der Waals surface area contributed by atoms with Crippen molar-refractivity contribution in [3.63, 3.8) is 0 Å². The van der Waals surface area contributed by atoms with E-state index in [9.17, 15) is 9.18 Å². The fourth-order valence-corrected chi connectivity index (χ4v) is 3.05. The Hall–Kier alpha value is -2.20. The van der Waals surface area contributed by atoms with Crippen LogP contribution in [-0.4, -0.2) is 25.2 Å². The number of ether oxygens (including phenoxy) is 1. The summed E-state index contributed by atoms with van der Waals surface area (Å²) >= 11 is 0. The monoisotopic (exact) mass is 327 g/mol. The first-order valence-electron chi connectivity index (χ1n) is 8.41. The zero-order chi connectivity index (χ0) is 16.8. The average molecular weight is 327 g/mol. The lowest BCUT2D eigenvalue weighted by Gasteiger charge is -2.19. The first-order valence-corrected chi connectivity index (χ1v) is 8.41. The topological polar surface area (TPSA) is 38.3 Å². The van der Waals surface area contributed by atoms with Crippen LogP contribution in [0.5, 0.6) is 0 Å². The van der Waals surface area contributed by atoms with Gasteiger partial charge >= 0.3 is 0 Å². The van der Waals surface area contributed by atoms with E-state index in [1.54, 1.807) is 12.1 Å². The van der Waals surface area contributed by atoms with Crippen LogP contribution < -0.4 is 5.32 Å². The predicted octanol–water partition coefficient (Wildman–Crippen LogP) is 3.45. The minimum Gasteiger partial charge on any atom is -0.376 e. The molecule has 24 heavy (non-hydrogen) atoms. The Bertz CT molecular complexity index is 651. The molecule has 0 aliphatic carbocycles. The Morgan fingerprint density at radius 2 is 1.92 bits per heavy atom. The molecular formula is C20H22FNO2. The van der Waals surface area contributed by atoms with E-state index in [2.05, 4.69) is 5.32 Å². The molecule has 2 atom stereocenters. The van der Waals surface area contributed by atoms with Gasteiger partial charge in [0.25, 0.3) is 0 Å². The van der Waals surface area contributed by atoms with Crippen molar-refractivity contribution in [3.05, 3.63) is 71.5 Å². The molecule has 1 aliphatic rings. The Balaban J connectivity index is 1.72. The highest BCUT2D eigenvalue weighted by molar-refractivity contribution is 5.84. The third-order valence-electron chi connectivity index (χ3n) is 4.40. The first-order chi connectivity index (χ1) is 11.7. The number of carbonyl (C=O) groups is 1. The standard InChI is InChI=1S/C20H22FNO2/c21-17-10-8-16(9-11-17)19(13-15-5-2-1-3-6-15)20(23)22-14-18-7-4-12-24-18/h1-3,5-6,8-11,18-19H,4,7,12-14H2,(H,22,23). The second kappa shape index (κ2) is 8.06. The van der Waals surface area contributed by atoms with Gasteiger partial charge < -0.3 is 10.1 Å². The summed E-state index contributed by atoms with van der Waals surface area (Å²) in [6, 6.07) is 16.1. The van der Waals surface area contributed by atoms with Gasteiger partial charge in [-0.15, -0.1) is 0 Å². The van der Waals surface area contributed by atoms with Gasteiger partial charge in [0.05, 0.1) is 12.0 Å². The maximum Gasteiger partial charge on any atom is 0.227 e. The van der Waals surface area contributed by atoms with Crippen LogP contribution in [0.1, 0.15) is 29.9 Å². The predicted molar refractivity (Wildman–Crippen MR) is 91.3 cm³/mol. The number of hydrogen-bond acceptors (Lipinski definition) is 2. The van der Waals surface area contributed by atoms with E-state index in [4.69, 9.17) is 4.74 Å². The molecule has 1 saturated heterocycles. The number of hydrogen-bond donors (Lipinski definition) is 1. The van der Waals surface area contributed by atoms with Gasteiger partial charge in [-0.2, -0.15) is 0 Å². The number of carbonyl (C=O) groups excluding carboxylic acids is 1. The fourth-order valence-electron chi connectivity index (χ4n) is 3.05. The highest BCUT2D eigenvalue weighted by Crippen LogP contribution is 2.22. The van der Waals surface area contributed by atoms with Gasteiger partial charge in [0.15, 0.2) is 0 Å². The van der Waals surface area contributed by atoms with E-state index < -0.39 is 0 Å². The van der Waals surface area contributed by atoms with E-state index in [1.807, 2.05) is 30.3 Å². The number of nitrogens with one attached hydrogen (secondary N) is 1. The molecule has 0 spiro atoms. The van der Waals surface area contributed by atoms with Crippen molar-refractivity contribution in [3.8, 4) is 0 Å². The normalized spacial score (nSPS) is 18.3. The number of amides is 1. The smallest absolute Gasteiger partial charge is 0.227 e. The Kier molecular flexibility index (Phi) is 5.59. The fraction of sp³-hybridized carbons (Fsp3) is 0.350. The summed E-state index contributed by atoms with van der Waals surface area (Å²) in [5.41, 5.74) is 1.91. The van der Waals surface area contributed by atoms with Crippen LogP contribution in [0, 0.1) is 5.82 Å². The van der Waals surface area contributed by atoms with E-state index in [0.717, 1.165) is 30.6 Å². The molecule has 1 N–H and O–H groups in total. The summed E-state index contributed by atoms with van der Waals surface area (Å²) in [6.45, 7) is 1.30. The molecule has 0 bridgehead atoms. The van der Waals surface area contributed by atoms with Crippen molar-refractivity contribution in [2.75, 3.05) is 13.2 Å². The van der Waals surface area contributed by atoms with Gasteiger partial charge in [0, 0.05) is 13.2 Å². The van der Waals surface area contributed by atoms with E-state index in [1.165, 1.54) is 12.1 Å². The molecule has 3 rings (SSSR count). The summed E-state index contributed by atoms with van der Waals surface area (Å²) in [7, 11) is 0. The van der Waals surface area contributed by atoms with Crippen LogP contribution in [0.2, 0.25) is 0 Å². The average Bonchev–Trinajstić information content (AvgIpc) is 3.13. The lowest BCUT2D eigenvalue weighted by molar-refractivity contribution is -0.123. The van der Waals surface area contributed by atoms with Gasteiger partial charge in [-0.05, 0) is 42.5 Å². The molecule has 4 heteroatoms. The minimum atomic E-state index is -0.339. The molecule has 3 nitrogen and oxygen atoms in total. The number of benzene rings is 2. The second-order valence-electron chi connectivity index (χ2n) is 6.17. The number of halogens is 1. The number of rotatable bonds is 6. The molecule has 1 aliphatic heterocycles. The van der Waals surface area contributed by atoms with E-state index in [-0.39, 0.29) is 23.7 Å². The molecule has 2 aromatic rings.